The van der Waals surface area contributed by atoms with Gasteiger partial charge >= 0.3 is 0 Å². The molecule has 0 fully saturated rings. The standard InChI is InChI=1S/C7H10FN3/c8-11-7(9)5-3-1-2-4-6(5)10-11/h1-4,9H2. The minimum Gasteiger partial charge on any atom is -0.381 e. The van der Waals surface area contributed by atoms with Crippen LogP contribution in [0, 0.1) is 0 Å². The molecule has 0 aromatic carbocycles. The fraction of sp³-hybridized carbons (Fsp3) is 0.571. The van der Waals surface area contributed by atoms with E-state index < -0.39 is 0 Å². The number of anilines is 1. The highest BCUT2D eigenvalue weighted by atomic mass is 19.2. The second-order valence-corrected chi connectivity index (χ2v) is 2.88. The highest BCUT2D eigenvalue weighted by Gasteiger charge is 2.18. The van der Waals surface area contributed by atoms with Gasteiger partial charge in [-0.25, -0.2) is 0 Å². The maximum atomic E-state index is 12.7. The van der Waals surface area contributed by atoms with E-state index in [9.17, 15) is 4.48 Å². The fourth-order valence-corrected chi connectivity index (χ4v) is 1.55. The molecule has 0 atom stereocenters. The van der Waals surface area contributed by atoms with Gasteiger partial charge in [0.25, 0.3) is 0 Å². The minimum atomic E-state index is 0.194. The molecule has 3 nitrogen and oxygen atoms in total. The minimum absolute atomic E-state index is 0.194. The summed E-state index contributed by atoms with van der Waals surface area (Å²) in [5.41, 5.74) is 7.21. The first-order valence-electron chi connectivity index (χ1n) is 3.81. The molecule has 1 heterocycles. The Labute approximate surface area is 63.9 Å². The van der Waals surface area contributed by atoms with Gasteiger partial charge in [0.15, 0.2) is 5.82 Å². The number of fused-ring (bicyclic) bond motifs is 1. The van der Waals surface area contributed by atoms with Crippen molar-refractivity contribution in [3.05, 3.63) is 11.3 Å². The molecule has 60 valence electrons. The molecule has 1 aliphatic rings. The van der Waals surface area contributed by atoms with Crippen LogP contribution in [0.1, 0.15) is 24.1 Å². The topological polar surface area (TPSA) is 43.8 Å². The summed E-state index contributed by atoms with van der Waals surface area (Å²) in [7, 11) is 0. The molecule has 1 aliphatic carbocycles. The zero-order valence-corrected chi connectivity index (χ0v) is 6.18. The van der Waals surface area contributed by atoms with Crippen LogP contribution in [-0.2, 0) is 12.8 Å². The monoisotopic (exact) mass is 155 g/mol. The average molecular weight is 155 g/mol. The molecule has 4 heteroatoms. The van der Waals surface area contributed by atoms with E-state index in [1.54, 1.807) is 0 Å². The number of nitrogens with zero attached hydrogens (tertiary/aromatic N) is 2. The molecule has 0 unspecified atom stereocenters. The molecule has 2 rings (SSSR count). The van der Waals surface area contributed by atoms with Crippen molar-refractivity contribution in [2.45, 2.75) is 25.7 Å². The summed E-state index contributed by atoms with van der Waals surface area (Å²) in [5.74, 6) is 0.194. The van der Waals surface area contributed by atoms with E-state index in [-0.39, 0.29) is 10.7 Å². The van der Waals surface area contributed by atoms with Gasteiger partial charge in [-0.3, -0.25) is 0 Å². The van der Waals surface area contributed by atoms with Crippen LogP contribution >= 0.6 is 0 Å². The van der Waals surface area contributed by atoms with E-state index >= 15 is 0 Å². The van der Waals surface area contributed by atoms with Gasteiger partial charge in [0.2, 0.25) is 0 Å². The van der Waals surface area contributed by atoms with Gasteiger partial charge in [-0.1, -0.05) is 9.39 Å². The molecule has 0 saturated carbocycles. The predicted molar refractivity (Wildman–Crippen MR) is 39.8 cm³/mol. The molecular weight excluding hydrogens is 145 g/mol. The largest absolute Gasteiger partial charge is 0.381 e. The summed E-state index contributed by atoms with van der Waals surface area (Å²) in [4.78, 5) is 0.288. The normalized spacial score (nSPS) is 16.5. The van der Waals surface area contributed by atoms with E-state index in [0.29, 0.717) is 0 Å². The average Bonchev–Trinajstić information content (AvgIpc) is 2.30. The maximum Gasteiger partial charge on any atom is 0.160 e. The molecule has 1 aromatic rings. The fourth-order valence-electron chi connectivity index (χ4n) is 1.55. The first kappa shape index (κ1) is 6.64. The molecule has 0 spiro atoms. The Hall–Kier alpha value is -1.06. The number of aromatic nitrogens is 2. The Morgan fingerprint density at radius 1 is 1.36 bits per heavy atom. The first-order chi connectivity index (χ1) is 5.29. The van der Waals surface area contributed by atoms with Gasteiger partial charge < -0.3 is 5.73 Å². The van der Waals surface area contributed by atoms with Crippen molar-refractivity contribution in [1.29, 1.82) is 0 Å². The zero-order chi connectivity index (χ0) is 7.84. The quantitative estimate of drug-likeness (QED) is 0.609. The molecular formula is C7H10FN3. The third-order valence-electron chi connectivity index (χ3n) is 2.16. The Morgan fingerprint density at radius 3 is 2.82 bits per heavy atom. The number of nitrogens with two attached hydrogens (primary N) is 1. The molecule has 0 saturated heterocycles. The van der Waals surface area contributed by atoms with Crippen molar-refractivity contribution in [3.8, 4) is 0 Å². The maximum absolute atomic E-state index is 12.7. The van der Waals surface area contributed by atoms with Crippen LogP contribution in [0.25, 0.3) is 0 Å². The number of hydrogen-bond acceptors (Lipinski definition) is 2. The van der Waals surface area contributed by atoms with Crippen molar-refractivity contribution in [2.24, 2.45) is 0 Å². The Balaban J connectivity index is 2.50. The van der Waals surface area contributed by atoms with Gasteiger partial charge in [0.1, 0.15) is 0 Å². The van der Waals surface area contributed by atoms with Gasteiger partial charge in [0, 0.05) is 5.56 Å². The van der Waals surface area contributed by atoms with Crippen LogP contribution in [0.3, 0.4) is 0 Å². The van der Waals surface area contributed by atoms with E-state index in [1.165, 1.54) is 0 Å². The first-order valence-corrected chi connectivity index (χ1v) is 3.81. The van der Waals surface area contributed by atoms with E-state index in [0.717, 1.165) is 36.9 Å². The van der Waals surface area contributed by atoms with Gasteiger partial charge in [-0.2, -0.15) is 0 Å². The lowest BCUT2D eigenvalue weighted by Crippen LogP contribution is -2.02. The summed E-state index contributed by atoms with van der Waals surface area (Å²) in [6.45, 7) is 0. The van der Waals surface area contributed by atoms with Crippen molar-refractivity contribution in [1.82, 2.24) is 10.0 Å². The lowest BCUT2D eigenvalue weighted by molar-refractivity contribution is 0.321. The number of halogens is 1. The SMILES string of the molecule is Nc1c2c(nn1F)CCCC2. The van der Waals surface area contributed by atoms with E-state index in [4.69, 9.17) is 5.73 Å². The number of aryl methyl sites for hydroxylation is 1. The molecule has 0 bridgehead atoms. The highest BCUT2D eigenvalue weighted by molar-refractivity contribution is 5.43. The predicted octanol–water partition coefficient (Wildman–Crippen LogP) is 1.08. The van der Waals surface area contributed by atoms with Crippen LogP contribution in [0.2, 0.25) is 0 Å². The molecule has 2 N–H and O–H groups in total. The summed E-state index contributed by atoms with van der Waals surface area (Å²) in [6.07, 6.45) is 3.95. The summed E-state index contributed by atoms with van der Waals surface area (Å²) >= 11 is 0. The van der Waals surface area contributed by atoms with Crippen LogP contribution in [0.15, 0.2) is 0 Å². The molecule has 0 aliphatic heterocycles. The second-order valence-electron chi connectivity index (χ2n) is 2.88. The lowest BCUT2D eigenvalue weighted by atomic mass is 9.98. The number of rotatable bonds is 0. The van der Waals surface area contributed by atoms with Crippen LogP contribution in [0.5, 0.6) is 0 Å². The Bertz CT molecular complexity index is 279. The van der Waals surface area contributed by atoms with Crippen LogP contribution in [-0.4, -0.2) is 10.0 Å². The Morgan fingerprint density at radius 2 is 2.09 bits per heavy atom. The van der Waals surface area contributed by atoms with Crippen molar-refractivity contribution in [2.75, 3.05) is 5.73 Å². The van der Waals surface area contributed by atoms with Crippen molar-refractivity contribution < 1.29 is 4.48 Å². The molecule has 0 amide bonds. The van der Waals surface area contributed by atoms with E-state index in [2.05, 4.69) is 5.10 Å². The number of nitrogen functional groups attached to an aromatic ring is 1. The third-order valence-corrected chi connectivity index (χ3v) is 2.16. The van der Waals surface area contributed by atoms with Crippen molar-refractivity contribution in [3.63, 3.8) is 0 Å². The highest BCUT2D eigenvalue weighted by Crippen LogP contribution is 2.25. The lowest BCUT2D eigenvalue weighted by Gasteiger charge is -2.07. The third kappa shape index (κ3) is 0.895. The summed E-state index contributed by atoms with van der Waals surface area (Å²) in [6, 6.07) is 0. The van der Waals surface area contributed by atoms with Gasteiger partial charge in [0.05, 0.1) is 5.69 Å². The molecule has 11 heavy (non-hydrogen) atoms. The van der Waals surface area contributed by atoms with Gasteiger partial charge in [-0.15, -0.1) is 5.10 Å². The van der Waals surface area contributed by atoms with Crippen LogP contribution in [0.4, 0.5) is 10.3 Å². The number of hydrogen-bond donors (Lipinski definition) is 1. The second kappa shape index (κ2) is 2.22. The van der Waals surface area contributed by atoms with Crippen LogP contribution < -0.4 is 5.73 Å². The summed E-state index contributed by atoms with van der Waals surface area (Å²) in [5, 5.41) is 3.68. The zero-order valence-electron chi connectivity index (χ0n) is 6.18. The van der Waals surface area contributed by atoms with Gasteiger partial charge in [-0.05, 0) is 25.7 Å². The Kier molecular flexibility index (Phi) is 1.34. The van der Waals surface area contributed by atoms with E-state index in [1.807, 2.05) is 0 Å². The molecule has 0 radical (unpaired) electrons. The smallest absolute Gasteiger partial charge is 0.160 e. The molecule has 1 aromatic heterocycles. The summed E-state index contributed by atoms with van der Waals surface area (Å²) < 4.78 is 12.7. The van der Waals surface area contributed by atoms with Crippen molar-refractivity contribution >= 4 is 5.82 Å².